The van der Waals surface area contributed by atoms with Crippen LogP contribution in [0.5, 0.6) is 0 Å². The normalized spacial score (nSPS) is 12.9. The monoisotopic (exact) mass is 402 g/mol. The minimum atomic E-state index is 0.226. The molecule has 0 aliphatic rings. The Balaban J connectivity index is 2.16. The summed E-state index contributed by atoms with van der Waals surface area (Å²) in [4.78, 5) is 2.29. The van der Waals surface area contributed by atoms with Crippen LogP contribution < -0.4 is 5.73 Å². The van der Waals surface area contributed by atoms with E-state index in [1.807, 2.05) is 0 Å². The largest absolute Gasteiger partial charge is 0.329 e. The minimum Gasteiger partial charge on any atom is -0.329 e. The molecule has 1 aromatic carbocycles. The Labute approximate surface area is 134 Å². The van der Waals surface area contributed by atoms with Gasteiger partial charge < -0.3 is 5.73 Å². The van der Waals surface area contributed by atoms with Crippen LogP contribution in [0.25, 0.3) is 0 Å². The van der Waals surface area contributed by atoms with Crippen LogP contribution in [-0.4, -0.2) is 18.5 Å². The molecule has 0 fully saturated rings. The fraction of sp³-hybridized carbons (Fsp3) is 0.286. The molecule has 19 heavy (non-hydrogen) atoms. The number of likely N-dealkylation sites (N-methyl/N-ethyl adjacent to an activating group) is 1. The van der Waals surface area contributed by atoms with Gasteiger partial charge in [0, 0.05) is 28.1 Å². The minimum absolute atomic E-state index is 0.226. The second kappa shape index (κ2) is 6.99. The van der Waals surface area contributed by atoms with Gasteiger partial charge in [0.15, 0.2) is 0 Å². The summed E-state index contributed by atoms with van der Waals surface area (Å²) in [5, 5.41) is 4.29. The van der Waals surface area contributed by atoms with Crippen LogP contribution in [0.2, 0.25) is 0 Å². The van der Waals surface area contributed by atoms with Crippen molar-refractivity contribution in [1.82, 2.24) is 4.90 Å². The first kappa shape index (κ1) is 15.2. The summed E-state index contributed by atoms with van der Waals surface area (Å²) < 4.78 is 2.12. The van der Waals surface area contributed by atoms with Gasteiger partial charge in [-0.15, -0.1) is 0 Å². The molecule has 0 amide bonds. The molecule has 2 N–H and O–H groups in total. The van der Waals surface area contributed by atoms with Gasteiger partial charge in [0.25, 0.3) is 0 Å². The van der Waals surface area contributed by atoms with Gasteiger partial charge in [0.1, 0.15) is 0 Å². The SMILES string of the molecule is CN(Cc1ccsc1)C(CN)c1ccc(Br)c(Br)c1. The van der Waals surface area contributed by atoms with E-state index in [-0.39, 0.29) is 6.04 Å². The van der Waals surface area contributed by atoms with Crippen LogP contribution in [0.3, 0.4) is 0 Å². The molecule has 1 atom stereocenters. The van der Waals surface area contributed by atoms with Gasteiger partial charge in [-0.2, -0.15) is 11.3 Å². The van der Waals surface area contributed by atoms with E-state index < -0.39 is 0 Å². The topological polar surface area (TPSA) is 29.3 Å². The molecule has 5 heteroatoms. The lowest BCUT2D eigenvalue weighted by molar-refractivity contribution is 0.242. The maximum absolute atomic E-state index is 5.96. The van der Waals surface area contributed by atoms with E-state index in [0.717, 1.165) is 15.5 Å². The third-order valence-electron chi connectivity index (χ3n) is 3.10. The first-order chi connectivity index (χ1) is 9.11. The Hall–Kier alpha value is -0.200. The molecule has 2 nitrogen and oxygen atoms in total. The fourth-order valence-electron chi connectivity index (χ4n) is 2.07. The maximum Gasteiger partial charge on any atom is 0.0471 e. The molecule has 0 saturated heterocycles. The van der Waals surface area contributed by atoms with Crippen molar-refractivity contribution in [2.75, 3.05) is 13.6 Å². The van der Waals surface area contributed by atoms with Crippen molar-refractivity contribution in [1.29, 1.82) is 0 Å². The van der Waals surface area contributed by atoms with Crippen LogP contribution in [0, 0.1) is 0 Å². The Kier molecular flexibility index (Phi) is 5.59. The third-order valence-corrected chi connectivity index (χ3v) is 5.71. The standard InChI is InChI=1S/C14H16Br2N2S/c1-18(8-10-4-5-19-9-10)14(7-17)11-2-3-12(15)13(16)6-11/h2-6,9,14H,7-8,17H2,1H3. The van der Waals surface area contributed by atoms with Crippen molar-refractivity contribution in [3.63, 3.8) is 0 Å². The van der Waals surface area contributed by atoms with Crippen molar-refractivity contribution in [2.45, 2.75) is 12.6 Å². The van der Waals surface area contributed by atoms with Crippen LogP contribution in [-0.2, 0) is 6.54 Å². The molecule has 1 unspecified atom stereocenters. The van der Waals surface area contributed by atoms with Crippen LogP contribution in [0.15, 0.2) is 44.0 Å². The smallest absolute Gasteiger partial charge is 0.0471 e. The molecule has 2 rings (SSSR count). The number of hydrogen-bond donors (Lipinski definition) is 1. The summed E-state index contributed by atoms with van der Waals surface area (Å²) in [7, 11) is 2.12. The van der Waals surface area contributed by atoms with E-state index in [1.54, 1.807) is 11.3 Å². The highest BCUT2D eigenvalue weighted by molar-refractivity contribution is 9.13. The number of rotatable bonds is 5. The van der Waals surface area contributed by atoms with E-state index in [4.69, 9.17) is 5.73 Å². The summed E-state index contributed by atoms with van der Waals surface area (Å²) in [6.45, 7) is 1.52. The van der Waals surface area contributed by atoms with Crippen molar-refractivity contribution >= 4 is 43.2 Å². The molecule has 0 bridgehead atoms. The number of nitrogens with two attached hydrogens (primary N) is 1. The molecule has 0 spiro atoms. The Morgan fingerprint density at radius 2 is 2.05 bits per heavy atom. The molecule has 0 aliphatic heterocycles. The van der Waals surface area contributed by atoms with Gasteiger partial charge in [0.05, 0.1) is 0 Å². The maximum atomic E-state index is 5.96. The molecule has 0 aliphatic carbocycles. The predicted octanol–water partition coefficient (Wildman–Crippen LogP) is 4.40. The number of benzene rings is 1. The number of thiophene rings is 1. The van der Waals surface area contributed by atoms with Crippen molar-refractivity contribution in [3.05, 3.63) is 55.1 Å². The second-order valence-electron chi connectivity index (χ2n) is 4.47. The zero-order chi connectivity index (χ0) is 13.8. The molecule has 2 aromatic rings. The van der Waals surface area contributed by atoms with E-state index in [9.17, 15) is 0 Å². The Morgan fingerprint density at radius 3 is 2.63 bits per heavy atom. The zero-order valence-corrected chi connectivity index (χ0v) is 14.6. The predicted molar refractivity (Wildman–Crippen MR) is 89.4 cm³/mol. The van der Waals surface area contributed by atoms with Gasteiger partial charge >= 0.3 is 0 Å². The highest BCUT2D eigenvalue weighted by Gasteiger charge is 2.16. The van der Waals surface area contributed by atoms with Crippen LogP contribution in [0.4, 0.5) is 0 Å². The van der Waals surface area contributed by atoms with Crippen LogP contribution in [0.1, 0.15) is 17.2 Å². The van der Waals surface area contributed by atoms with Crippen LogP contribution >= 0.6 is 43.2 Å². The lowest BCUT2D eigenvalue weighted by Gasteiger charge is -2.27. The first-order valence-electron chi connectivity index (χ1n) is 5.98. The summed E-state index contributed by atoms with van der Waals surface area (Å²) >= 11 is 8.77. The molecule has 0 saturated carbocycles. The highest BCUT2D eigenvalue weighted by atomic mass is 79.9. The van der Waals surface area contributed by atoms with Gasteiger partial charge in [-0.25, -0.2) is 0 Å². The summed E-state index contributed by atoms with van der Waals surface area (Å²) in [5.41, 5.74) is 8.52. The van der Waals surface area contributed by atoms with Gasteiger partial charge in [0.2, 0.25) is 0 Å². The van der Waals surface area contributed by atoms with Crippen molar-refractivity contribution < 1.29 is 0 Å². The average Bonchev–Trinajstić information content (AvgIpc) is 2.87. The molecule has 102 valence electrons. The van der Waals surface area contributed by atoms with Gasteiger partial charge in [-0.1, -0.05) is 6.07 Å². The highest BCUT2D eigenvalue weighted by Crippen LogP contribution is 2.28. The number of nitrogens with zero attached hydrogens (tertiary/aromatic N) is 1. The van der Waals surface area contributed by atoms with E-state index in [1.165, 1.54) is 11.1 Å². The summed E-state index contributed by atoms with van der Waals surface area (Å²) in [5.74, 6) is 0. The molecular weight excluding hydrogens is 388 g/mol. The summed E-state index contributed by atoms with van der Waals surface area (Å²) in [6, 6.07) is 8.69. The molecule has 1 heterocycles. The molecule has 0 radical (unpaired) electrons. The third kappa shape index (κ3) is 3.89. The quantitative estimate of drug-likeness (QED) is 0.801. The van der Waals surface area contributed by atoms with Gasteiger partial charge in [-0.3, -0.25) is 4.90 Å². The van der Waals surface area contributed by atoms with Crippen molar-refractivity contribution in [3.8, 4) is 0 Å². The lowest BCUT2D eigenvalue weighted by atomic mass is 10.1. The molecule has 1 aromatic heterocycles. The molecular formula is C14H16Br2N2S. The summed E-state index contributed by atoms with van der Waals surface area (Å²) in [6.07, 6.45) is 0. The van der Waals surface area contributed by atoms with E-state index in [2.05, 4.69) is 78.8 Å². The van der Waals surface area contributed by atoms with Gasteiger partial charge in [-0.05, 0) is 79.0 Å². The van der Waals surface area contributed by atoms with Crippen molar-refractivity contribution in [2.24, 2.45) is 5.73 Å². The Morgan fingerprint density at radius 1 is 1.26 bits per heavy atom. The van der Waals surface area contributed by atoms with E-state index >= 15 is 0 Å². The number of hydrogen-bond acceptors (Lipinski definition) is 3. The fourth-order valence-corrected chi connectivity index (χ4v) is 3.37. The van der Waals surface area contributed by atoms with E-state index in [0.29, 0.717) is 6.54 Å². The lowest BCUT2D eigenvalue weighted by Crippen LogP contribution is -2.30. The first-order valence-corrected chi connectivity index (χ1v) is 8.51. The second-order valence-corrected chi connectivity index (χ2v) is 6.96. The number of halogens is 2. The zero-order valence-electron chi connectivity index (χ0n) is 10.6. The Bertz CT molecular complexity index is 528. The average molecular weight is 404 g/mol.